The van der Waals surface area contributed by atoms with Crippen molar-refractivity contribution in [3.8, 4) is 0 Å². The number of phosphoric acid groups is 2. The zero-order valence-electron chi connectivity index (χ0n) is 75.0. The lowest BCUT2D eigenvalue weighted by Gasteiger charge is -2.21. The Kier molecular flexibility index (Phi) is 87.7. The van der Waals surface area contributed by atoms with Gasteiger partial charge in [0.05, 0.1) is 26.4 Å². The maximum absolute atomic E-state index is 13.0. The van der Waals surface area contributed by atoms with E-state index in [1.165, 1.54) is 186 Å². The van der Waals surface area contributed by atoms with Gasteiger partial charge < -0.3 is 34.2 Å². The van der Waals surface area contributed by atoms with Crippen molar-refractivity contribution in [1.82, 2.24) is 0 Å². The van der Waals surface area contributed by atoms with Crippen LogP contribution < -0.4 is 0 Å². The van der Waals surface area contributed by atoms with Crippen LogP contribution >= 0.6 is 15.6 Å². The molecule has 16 nitrogen and oxygen atoms in total. The lowest BCUT2D eigenvalue weighted by Crippen LogP contribution is -2.29. The minimum Gasteiger partial charge on any atom is -0.463 e. The fourth-order valence-corrected chi connectivity index (χ4v) is 14.1. The molecule has 18 heteroatoms. The van der Waals surface area contributed by atoms with Crippen LogP contribution in [-0.4, -0.2) is 95.9 Å². The Morgan fingerprint density at radius 3 is 0.739 bits per heavy atom. The van der Waals surface area contributed by atoms with Gasteiger partial charge >= 0.3 is 33.6 Å². The number of rotatable bonds is 88. The maximum atomic E-state index is 13.0. The van der Waals surface area contributed by atoms with Gasteiger partial charge in [-0.3, -0.25) is 32.5 Å². The first-order valence-electron chi connectivity index (χ1n) is 47.1. The van der Waals surface area contributed by atoms with Crippen molar-refractivity contribution in [3.63, 3.8) is 0 Å². The molecule has 0 saturated heterocycles. The number of esters is 3. The molecule has 680 valence electrons. The zero-order chi connectivity index (χ0) is 86.5. The summed E-state index contributed by atoms with van der Waals surface area (Å²) in [6, 6.07) is 0. The van der Waals surface area contributed by atoms with Crippen LogP contribution in [0.4, 0.5) is 0 Å². The molecule has 119 heavy (non-hydrogen) atoms. The van der Waals surface area contributed by atoms with E-state index < -0.39 is 91.5 Å². The molecule has 0 aliphatic carbocycles. The molecule has 0 aliphatic heterocycles. The Labute approximate surface area is 725 Å². The number of unbranched alkanes of at least 4 members (excludes halogenated alkanes) is 35. The van der Waals surface area contributed by atoms with Gasteiger partial charge in [-0.25, -0.2) is 9.13 Å². The summed E-state index contributed by atoms with van der Waals surface area (Å²) in [5.74, 6) is -1.67. The number of allylic oxidation sites excluding steroid dienone is 30. The van der Waals surface area contributed by atoms with Gasteiger partial charge in [0.1, 0.15) is 25.4 Å². The minimum absolute atomic E-state index is 0.0245. The van der Waals surface area contributed by atoms with Gasteiger partial charge in [-0.2, -0.15) is 0 Å². The van der Waals surface area contributed by atoms with Gasteiger partial charge in [0.2, 0.25) is 0 Å². The predicted molar refractivity (Wildman–Crippen MR) is 500 cm³/mol. The highest BCUT2D eigenvalue weighted by Gasteiger charge is 2.29. The van der Waals surface area contributed by atoms with Crippen LogP contribution in [0.25, 0.3) is 0 Å². The molecule has 0 heterocycles. The molecule has 0 amide bonds. The van der Waals surface area contributed by atoms with Crippen molar-refractivity contribution >= 4 is 33.6 Å². The lowest BCUT2D eigenvalue weighted by atomic mass is 10.0. The molecule has 0 aromatic carbocycles. The first-order chi connectivity index (χ1) is 58.2. The first kappa shape index (κ1) is 114. The molecular formula is C101H170O16P2. The van der Waals surface area contributed by atoms with Gasteiger partial charge in [-0.05, 0) is 148 Å². The van der Waals surface area contributed by atoms with Crippen LogP contribution in [-0.2, 0) is 55.8 Å². The van der Waals surface area contributed by atoms with Gasteiger partial charge in [0, 0.05) is 19.3 Å². The third-order valence-electron chi connectivity index (χ3n) is 19.6. The van der Waals surface area contributed by atoms with E-state index in [0.717, 1.165) is 128 Å². The molecule has 0 aromatic rings. The molecule has 5 atom stereocenters. The van der Waals surface area contributed by atoms with Crippen molar-refractivity contribution in [2.75, 3.05) is 39.6 Å². The third kappa shape index (κ3) is 93.2. The molecule has 4 N–H and O–H groups in total. The molecule has 0 aromatic heterocycles. The Balaban J connectivity index is 4.56. The van der Waals surface area contributed by atoms with E-state index in [1.807, 2.05) is 18.2 Å². The Bertz CT molecular complexity index is 2890. The number of phosphoric ester groups is 2. The summed E-state index contributed by atoms with van der Waals surface area (Å²) in [6.07, 6.45) is 121. The molecule has 0 radical (unpaired) electrons. The fraction of sp³-hybridized carbons (Fsp3) is 0.673. The van der Waals surface area contributed by atoms with E-state index in [4.69, 9.17) is 32.3 Å². The topological polar surface area (TPSA) is 231 Å². The normalized spacial score (nSPS) is 14.6. The molecule has 0 bridgehead atoms. The van der Waals surface area contributed by atoms with E-state index in [9.17, 15) is 43.5 Å². The van der Waals surface area contributed by atoms with Crippen molar-refractivity contribution < 1.29 is 75.8 Å². The van der Waals surface area contributed by atoms with Crippen molar-refractivity contribution in [2.45, 2.75) is 399 Å². The average Bonchev–Trinajstić information content (AvgIpc) is 0.903. The SMILES string of the molecule is CC/C=C\C/C=C\C/C=C\C/C=C\C/C=C\C/C=C\CCC(=O)OC(COC(=O)CCCCCCCCCCCCCCCCC/C=C\C/C=C\C/C=C\C/C=C\CCCCC)COP(=O)(O)OCC(O)COP(=O)(O)OCC(O)COC(=O)CCCCCCCCCCCCCCCCCCC/C=C\C/C=C\C/C=C\C/C=C\C/C=C\CC. The number of aliphatic hydroxyl groups is 2. The number of carbonyl (C=O) groups is 3. The molecule has 5 unspecified atom stereocenters. The highest BCUT2D eigenvalue weighted by Crippen LogP contribution is 2.45. The number of hydrogen-bond donors (Lipinski definition) is 4. The summed E-state index contributed by atoms with van der Waals surface area (Å²) in [5.41, 5.74) is 0. The fourth-order valence-electron chi connectivity index (χ4n) is 12.6. The summed E-state index contributed by atoms with van der Waals surface area (Å²) < 4.78 is 61.4. The van der Waals surface area contributed by atoms with Gasteiger partial charge in [0.25, 0.3) is 0 Å². The van der Waals surface area contributed by atoms with Crippen LogP contribution in [0, 0.1) is 0 Å². The van der Waals surface area contributed by atoms with Gasteiger partial charge in [-0.15, -0.1) is 0 Å². The molecular weight excluding hydrogens is 1530 g/mol. The van der Waals surface area contributed by atoms with Crippen LogP contribution in [0.2, 0.25) is 0 Å². The van der Waals surface area contributed by atoms with Crippen LogP contribution in [0.5, 0.6) is 0 Å². The number of aliphatic hydroxyl groups excluding tert-OH is 2. The summed E-state index contributed by atoms with van der Waals surface area (Å²) >= 11 is 0. The standard InChI is InChI=1S/C101H170O16P2/c1-4-7-10-13-16-19-22-25-28-31-34-36-38-40-42-44-46-47-49-51-52-54-56-58-61-63-66-69-72-75-78-81-84-87-99(104)111-90-96(102)91-113-118(107,108)114-92-97(103)93-115-119(109,110)116-95-98(117-101(106)89-86-83-80-77-74-71-68-65-60-33-30-27-24-21-18-15-12-9-6-3)94-112-100(105)88-85-82-79-76-73-70-67-64-62-59-57-55-53-50-48-45-43-41-39-37-35-32-29-26-23-20-17-14-11-8-5-2/h7,9-10,12,16-21,25-30,34-37,40-43,60,65,71,74,80,83,96-98,102-103H,4-6,8,11,13-15,22-24,31-33,38-39,44-59,61-64,66-70,72-73,75-79,81-82,84-95H2,1-3H3,(H,107,108)(H,109,110)/b10-7-,12-9-,19-16-,20-17-,21-18-,28-25-,29-26-,30-27-,36-34-,37-35-,42-40-,43-41-,65-60-,74-71-,83-80-. The molecule has 0 aliphatic rings. The summed E-state index contributed by atoms with van der Waals surface area (Å²) in [4.78, 5) is 58.9. The predicted octanol–water partition coefficient (Wildman–Crippen LogP) is 29.2. The Morgan fingerprint density at radius 1 is 0.244 bits per heavy atom. The van der Waals surface area contributed by atoms with Gasteiger partial charge in [0.15, 0.2) is 6.10 Å². The number of hydrogen-bond acceptors (Lipinski definition) is 14. The minimum atomic E-state index is -4.96. The second-order valence-electron chi connectivity index (χ2n) is 31.0. The molecule has 0 fully saturated rings. The maximum Gasteiger partial charge on any atom is 0.472 e. The average molecular weight is 1700 g/mol. The van der Waals surface area contributed by atoms with Gasteiger partial charge in [-0.1, -0.05) is 396 Å². The molecule has 0 rings (SSSR count). The highest BCUT2D eigenvalue weighted by atomic mass is 31.2. The highest BCUT2D eigenvalue weighted by molar-refractivity contribution is 7.47. The number of carbonyl (C=O) groups excluding carboxylic acids is 3. The monoisotopic (exact) mass is 1700 g/mol. The Morgan fingerprint density at radius 2 is 0.462 bits per heavy atom. The smallest absolute Gasteiger partial charge is 0.463 e. The largest absolute Gasteiger partial charge is 0.472 e. The summed E-state index contributed by atoms with van der Waals surface area (Å²) in [5, 5.41) is 20.7. The lowest BCUT2D eigenvalue weighted by molar-refractivity contribution is -0.161. The second kappa shape index (κ2) is 91.8. The van der Waals surface area contributed by atoms with E-state index in [0.29, 0.717) is 25.7 Å². The number of ether oxygens (including phenoxy) is 3. The van der Waals surface area contributed by atoms with Crippen molar-refractivity contribution in [3.05, 3.63) is 182 Å². The summed E-state index contributed by atoms with van der Waals surface area (Å²) in [7, 11) is -9.84. The van der Waals surface area contributed by atoms with E-state index in [1.54, 1.807) is 0 Å². The van der Waals surface area contributed by atoms with Crippen molar-refractivity contribution in [1.29, 1.82) is 0 Å². The second-order valence-corrected chi connectivity index (χ2v) is 34.0. The van der Waals surface area contributed by atoms with E-state index in [-0.39, 0.29) is 19.3 Å². The molecule has 0 spiro atoms. The quantitative estimate of drug-likeness (QED) is 0.0146. The zero-order valence-corrected chi connectivity index (χ0v) is 76.8. The van der Waals surface area contributed by atoms with Crippen LogP contribution in [0.1, 0.15) is 380 Å². The summed E-state index contributed by atoms with van der Waals surface area (Å²) in [6.45, 7) is 2.37. The van der Waals surface area contributed by atoms with E-state index in [2.05, 4.69) is 185 Å². The van der Waals surface area contributed by atoms with E-state index >= 15 is 0 Å². The van der Waals surface area contributed by atoms with Crippen LogP contribution in [0.3, 0.4) is 0 Å². The molecule has 0 saturated carbocycles. The van der Waals surface area contributed by atoms with Crippen LogP contribution in [0.15, 0.2) is 182 Å². The van der Waals surface area contributed by atoms with Crippen molar-refractivity contribution in [2.24, 2.45) is 0 Å². The first-order valence-corrected chi connectivity index (χ1v) is 50.1. The third-order valence-corrected chi connectivity index (χ3v) is 21.5. The Hall–Kier alpha value is -5.35.